The predicted octanol–water partition coefficient (Wildman–Crippen LogP) is 2.99. The van der Waals surface area contributed by atoms with E-state index in [9.17, 15) is 9.59 Å². The van der Waals surface area contributed by atoms with Gasteiger partial charge in [-0.05, 0) is 24.1 Å². The van der Waals surface area contributed by atoms with Crippen LogP contribution in [0.2, 0.25) is 5.02 Å². The molecule has 1 aromatic carbocycles. The molecule has 0 aliphatic rings. The van der Waals surface area contributed by atoms with Gasteiger partial charge in [-0.25, -0.2) is 0 Å². The van der Waals surface area contributed by atoms with E-state index in [2.05, 4.69) is 10.3 Å². The number of rotatable bonds is 5. The number of amides is 1. The molecular weight excluding hydrogens is 304 g/mol. The number of hydrogen-bond donors (Lipinski definition) is 2. The Morgan fingerprint density at radius 2 is 2.05 bits per heavy atom. The smallest absolute Gasteiger partial charge is 0.305 e. The molecular formula is C16H15ClN2O3. The molecule has 2 N–H and O–H groups in total. The van der Waals surface area contributed by atoms with Crippen LogP contribution in [0, 0.1) is 6.92 Å². The van der Waals surface area contributed by atoms with Crippen LogP contribution in [0.5, 0.6) is 0 Å². The average molecular weight is 319 g/mol. The lowest BCUT2D eigenvalue weighted by molar-refractivity contribution is -0.137. The molecule has 2 aromatic rings. The van der Waals surface area contributed by atoms with Crippen molar-refractivity contribution in [1.82, 2.24) is 10.3 Å². The van der Waals surface area contributed by atoms with E-state index in [4.69, 9.17) is 16.7 Å². The monoisotopic (exact) mass is 318 g/mol. The van der Waals surface area contributed by atoms with Crippen LogP contribution in [-0.4, -0.2) is 22.0 Å². The average Bonchev–Trinajstić information content (AvgIpc) is 2.46. The molecule has 0 aliphatic carbocycles. The number of nitrogens with one attached hydrogen (secondary N) is 1. The van der Waals surface area contributed by atoms with Crippen molar-refractivity contribution in [1.29, 1.82) is 0 Å². The molecule has 0 fully saturated rings. The third kappa shape index (κ3) is 4.05. The van der Waals surface area contributed by atoms with Gasteiger partial charge in [0.1, 0.15) is 0 Å². The quantitative estimate of drug-likeness (QED) is 0.888. The Morgan fingerprint density at radius 1 is 1.32 bits per heavy atom. The molecule has 1 heterocycles. The van der Waals surface area contributed by atoms with E-state index in [1.54, 1.807) is 6.07 Å². The topological polar surface area (TPSA) is 79.3 Å². The van der Waals surface area contributed by atoms with Gasteiger partial charge in [-0.1, -0.05) is 35.9 Å². The second-order valence-electron chi connectivity index (χ2n) is 4.87. The summed E-state index contributed by atoms with van der Waals surface area (Å²) in [5.41, 5.74) is 1.97. The summed E-state index contributed by atoms with van der Waals surface area (Å²) in [5.74, 6) is -1.40. The number of hydrogen-bond acceptors (Lipinski definition) is 3. The van der Waals surface area contributed by atoms with Crippen molar-refractivity contribution in [2.75, 3.05) is 0 Å². The molecule has 1 aromatic heterocycles. The van der Waals surface area contributed by atoms with Gasteiger partial charge in [-0.3, -0.25) is 14.6 Å². The van der Waals surface area contributed by atoms with Crippen LogP contribution in [0.1, 0.15) is 33.9 Å². The van der Waals surface area contributed by atoms with Crippen molar-refractivity contribution < 1.29 is 14.7 Å². The van der Waals surface area contributed by atoms with Crippen LogP contribution in [0.4, 0.5) is 0 Å². The lowest BCUT2D eigenvalue weighted by atomic mass is 9.98. The standard InChI is InChI=1S/C16H15ClN2O3/c1-10-4-2-3-5-13(10)14(7-15(20)21)19-16(22)11-6-12(17)9-18-8-11/h2-6,8-9,14H,7H2,1H3,(H,19,22)(H,20,21)/t14-/m0/s1. The number of aryl methyl sites for hydroxylation is 1. The number of carbonyl (C=O) groups is 2. The second kappa shape index (κ2) is 7.04. The Bertz CT molecular complexity index is 703. The first-order chi connectivity index (χ1) is 10.5. The van der Waals surface area contributed by atoms with Gasteiger partial charge < -0.3 is 10.4 Å². The summed E-state index contributed by atoms with van der Waals surface area (Å²) in [6.45, 7) is 1.87. The van der Waals surface area contributed by atoms with E-state index in [1.807, 2.05) is 25.1 Å². The maximum Gasteiger partial charge on any atom is 0.305 e. The zero-order valence-corrected chi connectivity index (χ0v) is 12.7. The molecule has 0 spiro atoms. The van der Waals surface area contributed by atoms with Crippen LogP contribution in [-0.2, 0) is 4.79 Å². The minimum Gasteiger partial charge on any atom is -0.481 e. The fraction of sp³-hybridized carbons (Fsp3) is 0.188. The van der Waals surface area contributed by atoms with Gasteiger partial charge >= 0.3 is 5.97 Å². The summed E-state index contributed by atoms with van der Waals surface area (Å²) in [4.78, 5) is 27.2. The van der Waals surface area contributed by atoms with Gasteiger partial charge in [0.25, 0.3) is 5.91 Å². The number of pyridine rings is 1. The van der Waals surface area contributed by atoms with Crippen molar-refractivity contribution in [2.45, 2.75) is 19.4 Å². The Kier molecular flexibility index (Phi) is 5.12. The number of aliphatic carboxylic acids is 1. The van der Waals surface area contributed by atoms with Gasteiger partial charge in [-0.15, -0.1) is 0 Å². The van der Waals surface area contributed by atoms with Gasteiger partial charge in [0.05, 0.1) is 23.0 Å². The summed E-state index contributed by atoms with van der Waals surface area (Å²) >= 11 is 5.82. The molecule has 6 heteroatoms. The van der Waals surface area contributed by atoms with Crippen molar-refractivity contribution in [3.8, 4) is 0 Å². The van der Waals surface area contributed by atoms with Crippen LogP contribution >= 0.6 is 11.6 Å². The molecule has 0 bridgehead atoms. The minimum atomic E-state index is -0.988. The number of aromatic nitrogens is 1. The third-order valence-electron chi connectivity index (χ3n) is 3.22. The molecule has 1 amide bonds. The number of carbonyl (C=O) groups excluding carboxylic acids is 1. The Morgan fingerprint density at radius 3 is 2.68 bits per heavy atom. The second-order valence-corrected chi connectivity index (χ2v) is 5.31. The summed E-state index contributed by atoms with van der Waals surface area (Å²) in [6.07, 6.45) is 2.61. The first-order valence-electron chi connectivity index (χ1n) is 6.66. The highest BCUT2D eigenvalue weighted by molar-refractivity contribution is 6.30. The van der Waals surface area contributed by atoms with Gasteiger partial charge in [0.2, 0.25) is 0 Å². The van der Waals surface area contributed by atoms with Gasteiger partial charge in [-0.2, -0.15) is 0 Å². The van der Waals surface area contributed by atoms with E-state index in [1.165, 1.54) is 18.5 Å². The highest BCUT2D eigenvalue weighted by atomic mass is 35.5. The zero-order valence-electron chi connectivity index (χ0n) is 11.9. The van der Waals surface area contributed by atoms with Crippen LogP contribution in [0.3, 0.4) is 0 Å². The molecule has 114 valence electrons. The van der Waals surface area contributed by atoms with Crippen molar-refractivity contribution in [3.63, 3.8) is 0 Å². The van der Waals surface area contributed by atoms with Crippen molar-refractivity contribution in [3.05, 3.63) is 64.4 Å². The minimum absolute atomic E-state index is 0.204. The van der Waals surface area contributed by atoms with Gasteiger partial charge in [0.15, 0.2) is 0 Å². The van der Waals surface area contributed by atoms with E-state index in [-0.39, 0.29) is 12.0 Å². The SMILES string of the molecule is Cc1ccccc1[C@H](CC(=O)O)NC(=O)c1cncc(Cl)c1. The summed E-state index contributed by atoms with van der Waals surface area (Å²) in [7, 11) is 0. The lowest BCUT2D eigenvalue weighted by Crippen LogP contribution is -2.30. The van der Waals surface area contributed by atoms with E-state index in [0.29, 0.717) is 5.02 Å². The molecule has 0 aliphatic heterocycles. The van der Waals surface area contributed by atoms with Crippen LogP contribution in [0.15, 0.2) is 42.7 Å². The zero-order chi connectivity index (χ0) is 16.1. The lowest BCUT2D eigenvalue weighted by Gasteiger charge is -2.19. The maximum atomic E-state index is 12.3. The molecule has 0 radical (unpaired) electrons. The van der Waals surface area contributed by atoms with E-state index < -0.39 is 17.9 Å². The van der Waals surface area contributed by atoms with Crippen molar-refractivity contribution >= 4 is 23.5 Å². The van der Waals surface area contributed by atoms with E-state index in [0.717, 1.165) is 11.1 Å². The van der Waals surface area contributed by atoms with E-state index >= 15 is 0 Å². The fourth-order valence-corrected chi connectivity index (χ4v) is 2.34. The molecule has 5 nitrogen and oxygen atoms in total. The molecule has 0 saturated heterocycles. The number of benzene rings is 1. The molecule has 2 rings (SSSR count). The molecule has 0 saturated carbocycles. The summed E-state index contributed by atoms with van der Waals surface area (Å²) in [6, 6.07) is 8.21. The first-order valence-corrected chi connectivity index (χ1v) is 7.04. The molecule has 0 unspecified atom stereocenters. The summed E-state index contributed by atoms with van der Waals surface area (Å²) < 4.78 is 0. The first kappa shape index (κ1) is 16.0. The van der Waals surface area contributed by atoms with Gasteiger partial charge in [0, 0.05) is 12.4 Å². The maximum absolute atomic E-state index is 12.3. The highest BCUT2D eigenvalue weighted by Crippen LogP contribution is 2.21. The Balaban J connectivity index is 2.25. The largest absolute Gasteiger partial charge is 0.481 e. The Hall–Kier alpha value is -2.40. The summed E-state index contributed by atoms with van der Waals surface area (Å²) in [5, 5.41) is 12.2. The van der Waals surface area contributed by atoms with Crippen LogP contribution in [0.25, 0.3) is 0 Å². The highest BCUT2D eigenvalue weighted by Gasteiger charge is 2.20. The number of carboxylic acid groups (broad SMARTS) is 1. The predicted molar refractivity (Wildman–Crippen MR) is 82.9 cm³/mol. The van der Waals surface area contributed by atoms with Crippen molar-refractivity contribution in [2.24, 2.45) is 0 Å². The third-order valence-corrected chi connectivity index (χ3v) is 3.42. The number of carboxylic acids is 1. The normalized spacial score (nSPS) is 11.7. The molecule has 22 heavy (non-hydrogen) atoms. The Labute approximate surface area is 133 Å². The van der Waals surface area contributed by atoms with Crippen LogP contribution < -0.4 is 5.32 Å². The number of halogens is 1. The fourth-order valence-electron chi connectivity index (χ4n) is 2.17. The molecule has 1 atom stereocenters. The number of nitrogens with zero attached hydrogens (tertiary/aromatic N) is 1.